The van der Waals surface area contributed by atoms with Crippen molar-refractivity contribution < 1.29 is 13.2 Å². The SMILES string of the molecule is CNCCCN(C)S(=O)(=O)NCCCCOC(C)C. The number of hydrogen-bond acceptors (Lipinski definition) is 4. The summed E-state index contributed by atoms with van der Waals surface area (Å²) in [7, 11) is 0.121. The Hall–Kier alpha value is -0.210. The molecule has 0 aliphatic rings. The minimum atomic E-state index is -3.33. The second-order valence-electron chi connectivity index (χ2n) is 4.80. The highest BCUT2D eigenvalue weighted by atomic mass is 32.2. The molecule has 6 nitrogen and oxygen atoms in total. The van der Waals surface area contributed by atoms with Gasteiger partial charge in [0.1, 0.15) is 0 Å². The minimum absolute atomic E-state index is 0.231. The van der Waals surface area contributed by atoms with E-state index in [1.165, 1.54) is 4.31 Å². The third kappa shape index (κ3) is 10.3. The lowest BCUT2D eigenvalue weighted by Crippen LogP contribution is -2.39. The van der Waals surface area contributed by atoms with Crippen molar-refractivity contribution in [2.45, 2.75) is 39.2 Å². The van der Waals surface area contributed by atoms with E-state index < -0.39 is 10.2 Å². The Morgan fingerprint density at radius 3 is 2.42 bits per heavy atom. The number of ether oxygens (including phenoxy) is 1. The van der Waals surface area contributed by atoms with Crippen LogP contribution in [0.1, 0.15) is 33.1 Å². The summed E-state index contributed by atoms with van der Waals surface area (Å²) < 4.78 is 33.0. The van der Waals surface area contributed by atoms with Crippen LogP contribution in [0.5, 0.6) is 0 Å². The molecule has 0 aromatic carbocycles. The molecule has 19 heavy (non-hydrogen) atoms. The summed E-state index contributed by atoms with van der Waals surface area (Å²) in [6.07, 6.45) is 2.69. The zero-order chi connectivity index (χ0) is 14.7. The first kappa shape index (κ1) is 18.8. The fourth-order valence-electron chi connectivity index (χ4n) is 1.46. The maximum absolute atomic E-state index is 11.8. The highest BCUT2D eigenvalue weighted by Crippen LogP contribution is 1.98. The van der Waals surface area contributed by atoms with Crippen LogP contribution in [0, 0.1) is 0 Å². The van der Waals surface area contributed by atoms with Crippen LogP contribution >= 0.6 is 0 Å². The first-order chi connectivity index (χ1) is 8.90. The monoisotopic (exact) mass is 295 g/mol. The van der Waals surface area contributed by atoms with Gasteiger partial charge < -0.3 is 10.1 Å². The lowest BCUT2D eigenvalue weighted by molar-refractivity contribution is 0.0762. The highest BCUT2D eigenvalue weighted by Gasteiger charge is 2.15. The standard InChI is InChI=1S/C12H29N3O3S/c1-12(2)18-11-6-5-9-14-19(16,17)15(4)10-7-8-13-3/h12-14H,5-11H2,1-4H3. The summed E-state index contributed by atoms with van der Waals surface area (Å²) in [5.74, 6) is 0. The lowest BCUT2D eigenvalue weighted by atomic mass is 10.3. The quantitative estimate of drug-likeness (QED) is 0.516. The van der Waals surface area contributed by atoms with Crippen molar-refractivity contribution in [2.75, 3.05) is 40.3 Å². The van der Waals surface area contributed by atoms with Crippen LogP contribution in [-0.4, -0.2) is 59.2 Å². The van der Waals surface area contributed by atoms with Gasteiger partial charge in [-0.1, -0.05) is 0 Å². The normalized spacial score (nSPS) is 12.5. The summed E-state index contributed by atoms with van der Waals surface area (Å²) in [5.41, 5.74) is 0. The summed E-state index contributed by atoms with van der Waals surface area (Å²) in [6.45, 7) is 6.45. The Kier molecular flexibility index (Phi) is 10.4. The molecule has 0 saturated carbocycles. The molecule has 0 aromatic heterocycles. The topological polar surface area (TPSA) is 70.7 Å². The number of hydrogen-bond donors (Lipinski definition) is 2. The van der Waals surface area contributed by atoms with E-state index in [1.807, 2.05) is 20.9 Å². The molecule has 0 aliphatic heterocycles. The molecule has 0 heterocycles. The number of nitrogens with one attached hydrogen (secondary N) is 2. The summed E-state index contributed by atoms with van der Waals surface area (Å²) in [5, 5.41) is 2.99. The molecule has 116 valence electrons. The zero-order valence-electron chi connectivity index (χ0n) is 12.6. The van der Waals surface area contributed by atoms with Gasteiger partial charge in [0.2, 0.25) is 0 Å². The van der Waals surface area contributed by atoms with Gasteiger partial charge in [-0.2, -0.15) is 12.7 Å². The van der Waals surface area contributed by atoms with Crippen molar-refractivity contribution in [3.8, 4) is 0 Å². The predicted molar refractivity (Wildman–Crippen MR) is 78.4 cm³/mol. The van der Waals surface area contributed by atoms with Gasteiger partial charge in [0, 0.05) is 26.7 Å². The number of rotatable bonds is 12. The maximum Gasteiger partial charge on any atom is 0.279 e. The first-order valence-corrected chi connectivity index (χ1v) is 8.31. The van der Waals surface area contributed by atoms with Crippen LogP contribution in [0.25, 0.3) is 0 Å². The molecule has 0 amide bonds. The van der Waals surface area contributed by atoms with E-state index >= 15 is 0 Å². The van der Waals surface area contributed by atoms with E-state index in [0.29, 0.717) is 19.7 Å². The molecule has 0 bridgehead atoms. The van der Waals surface area contributed by atoms with Gasteiger partial charge in [-0.3, -0.25) is 0 Å². The lowest BCUT2D eigenvalue weighted by Gasteiger charge is -2.17. The predicted octanol–water partition coefficient (Wildman–Crippen LogP) is 0.567. The van der Waals surface area contributed by atoms with Crippen molar-refractivity contribution >= 4 is 10.2 Å². The Morgan fingerprint density at radius 2 is 1.84 bits per heavy atom. The van der Waals surface area contributed by atoms with Gasteiger partial charge in [0.15, 0.2) is 0 Å². The van der Waals surface area contributed by atoms with E-state index in [-0.39, 0.29) is 6.10 Å². The molecule has 0 unspecified atom stereocenters. The van der Waals surface area contributed by atoms with Gasteiger partial charge in [-0.25, -0.2) is 4.72 Å². The zero-order valence-corrected chi connectivity index (χ0v) is 13.4. The van der Waals surface area contributed by atoms with Crippen LogP contribution in [0.3, 0.4) is 0 Å². The Morgan fingerprint density at radius 1 is 1.16 bits per heavy atom. The smallest absolute Gasteiger partial charge is 0.279 e. The molecular weight excluding hydrogens is 266 g/mol. The summed E-state index contributed by atoms with van der Waals surface area (Å²) in [4.78, 5) is 0. The fraction of sp³-hybridized carbons (Fsp3) is 1.00. The van der Waals surface area contributed by atoms with Crippen LogP contribution in [-0.2, 0) is 14.9 Å². The Bertz CT molecular complexity index is 307. The molecule has 7 heteroatoms. The number of unbranched alkanes of at least 4 members (excludes halogenated alkanes) is 1. The summed E-state index contributed by atoms with van der Waals surface area (Å²) in [6, 6.07) is 0. The highest BCUT2D eigenvalue weighted by molar-refractivity contribution is 7.87. The molecular formula is C12H29N3O3S. The van der Waals surface area contributed by atoms with Gasteiger partial charge in [-0.15, -0.1) is 0 Å². The van der Waals surface area contributed by atoms with Gasteiger partial charge in [-0.05, 0) is 46.7 Å². The molecule has 2 N–H and O–H groups in total. The maximum atomic E-state index is 11.8. The van der Waals surface area contributed by atoms with E-state index in [2.05, 4.69) is 10.0 Å². The van der Waals surface area contributed by atoms with E-state index in [1.54, 1.807) is 7.05 Å². The fourth-order valence-corrected chi connectivity index (χ4v) is 2.45. The van der Waals surface area contributed by atoms with Crippen LogP contribution in [0.15, 0.2) is 0 Å². The minimum Gasteiger partial charge on any atom is -0.379 e. The number of nitrogens with zero attached hydrogens (tertiary/aromatic N) is 1. The van der Waals surface area contributed by atoms with Crippen LogP contribution in [0.2, 0.25) is 0 Å². The van der Waals surface area contributed by atoms with Crippen molar-refractivity contribution in [2.24, 2.45) is 0 Å². The average Bonchev–Trinajstić information content (AvgIpc) is 2.33. The van der Waals surface area contributed by atoms with Crippen molar-refractivity contribution in [1.29, 1.82) is 0 Å². The van der Waals surface area contributed by atoms with Crippen molar-refractivity contribution in [3.05, 3.63) is 0 Å². The van der Waals surface area contributed by atoms with Crippen LogP contribution in [0.4, 0.5) is 0 Å². The Labute approximate surface area is 118 Å². The second-order valence-corrected chi connectivity index (χ2v) is 6.67. The third-order valence-corrected chi connectivity index (χ3v) is 4.19. The third-order valence-electron chi connectivity index (χ3n) is 2.62. The van der Waals surface area contributed by atoms with E-state index in [4.69, 9.17) is 4.74 Å². The molecule has 0 rings (SSSR count). The average molecular weight is 295 g/mol. The van der Waals surface area contributed by atoms with E-state index in [0.717, 1.165) is 25.8 Å². The van der Waals surface area contributed by atoms with Crippen molar-refractivity contribution in [3.63, 3.8) is 0 Å². The molecule has 0 saturated heterocycles. The largest absolute Gasteiger partial charge is 0.379 e. The molecule has 0 aliphatic carbocycles. The first-order valence-electron chi connectivity index (χ1n) is 6.87. The Balaban J connectivity index is 3.72. The molecule has 0 atom stereocenters. The second kappa shape index (κ2) is 10.6. The molecule has 0 spiro atoms. The van der Waals surface area contributed by atoms with Gasteiger partial charge in [0.05, 0.1) is 6.10 Å². The molecule has 0 radical (unpaired) electrons. The van der Waals surface area contributed by atoms with E-state index in [9.17, 15) is 8.42 Å². The van der Waals surface area contributed by atoms with Crippen molar-refractivity contribution in [1.82, 2.24) is 14.3 Å². The van der Waals surface area contributed by atoms with Crippen LogP contribution < -0.4 is 10.0 Å². The summed E-state index contributed by atoms with van der Waals surface area (Å²) >= 11 is 0. The molecule has 0 fully saturated rings. The molecule has 0 aromatic rings. The van der Waals surface area contributed by atoms with Gasteiger partial charge >= 0.3 is 0 Å². The van der Waals surface area contributed by atoms with Gasteiger partial charge in [0.25, 0.3) is 10.2 Å².